The second-order valence-electron chi connectivity index (χ2n) is 7.26. The highest BCUT2D eigenvalue weighted by Gasteiger charge is 2.52. The van der Waals surface area contributed by atoms with Crippen LogP contribution in [0.25, 0.3) is 0 Å². The van der Waals surface area contributed by atoms with E-state index in [1.807, 2.05) is 24.3 Å². The Bertz CT molecular complexity index is 925. The van der Waals surface area contributed by atoms with E-state index < -0.39 is 23.8 Å². The Labute approximate surface area is 186 Å². The van der Waals surface area contributed by atoms with E-state index in [-0.39, 0.29) is 24.7 Å². The quantitative estimate of drug-likeness (QED) is 0.536. The predicted octanol–water partition coefficient (Wildman–Crippen LogP) is 4.67. The minimum Gasteiger partial charge on any atom is -0.464 e. The van der Waals surface area contributed by atoms with Crippen molar-refractivity contribution in [3.8, 4) is 5.75 Å². The third kappa shape index (κ3) is 6.00. The number of carbonyl (C=O) groups excluding carboxylic acids is 2. The van der Waals surface area contributed by atoms with Crippen LogP contribution in [0.4, 0.5) is 13.2 Å². The fraction of sp³-hybridized carbons (Fsp3) is 0.364. The Balaban J connectivity index is 1.74. The molecule has 2 aromatic rings. The number of amides is 1. The number of hydrogen-bond donors (Lipinski definition) is 1. The van der Waals surface area contributed by atoms with Crippen LogP contribution in [0.3, 0.4) is 0 Å². The van der Waals surface area contributed by atoms with E-state index in [0.717, 1.165) is 10.0 Å². The Morgan fingerprint density at radius 1 is 1.10 bits per heavy atom. The normalized spacial score (nSPS) is 15.6. The fourth-order valence-corrected chi connectivity index (χ4v) is 3.60. The molecule has 2 aromatic carbocycles. The second kappa shape index (κ2) is 9.30. The van der Waals surface area contributed by atoms with Crippen LogP contribution in [0.5, 0.6) is 5.75 Å². The lowest BCUT2D eigenvalue weighted by Gasteiger charge is -2.22. The smallest absolute Gasteiger partial charge is 0.464 e. The summed E-state index contributed by atoms with van der Waals surface area (Å²) in [5.41, 5.74) is 0.548. The topological polar surface area (TPSA) is 64.6 Å². The zero-order chi connectivity index (χ0) is 22.6. The first-order valence-electron chi connectivity index (χ1n) is 9.71. The fourth-order valence-electron chi connectivity index (χ4n) is 3.34. The molecule has 1 aliphatic carbocycles. The summed E-state index contributed by atoms with van der Waals surface area (Å²) in [6, 6.07) is 11.7. The zero-order valence-corrected chi connectivity index (χ0v) is 18.3. The Morgan fingerprint density at radius 3 is 2.23 bits per heavy atom. The molecule has 0 aliphatic heterocycles. The van der Waals surface area contributed by atoms with Crippen molar-refractivity contribution in [2.24, 2.45) is 0 Å². The molecule has 166 valence electrons. The number of halogens is 4. The monoisotopic (exact) mass is 499 g/mol. The SMILES string of the molecule is CCOC(=O)[C@H](Cc1ccc(Br)cc1)NC(=O)C1(c2ccc(OC(F)(F)F)cc2)CC1. The van der Waals surface area contributed by atoms with Gasteiger partial charge in [-0.2, -0.15) is 0 Å². The van der Waals surface area contributed by atoms with E-state index in [0.29, 0.717) is 18.4 Å². The van der Waals surface area contributed by atoms with E-state index in [2.05, 4.69) is 26.0 Å². The highest BCUT2D eigenvalue weighted by atomic mass is 79.9. The van der Waals surface area contributed by atoms with Gasteiger partial charge in [0.25, 0.3) is 0 Å². The van der Waals surface area contributed by atoms with Gasteiger partial charge in [-0.15, -0.1) is 13.2 Å². The molecule has 1 amide bonds. The first-order valence-corrected chi connectivity index (χ1v) is 10.5. The molecule has 0 unspecified atom stereocenters. The summed E-state index contributed by atoms with van der Waals surface area (Å²) >= 11 is 3.35. The average molecular weight is 500 g/mol. The molecule has 1 aliphatic rings. The van der Waals surface area contributed by atoms with Crippen LogP contribution < -0.4 is 10.1 Å². The van der Waals surface area contributed by atoms with Gasteiger partial charge in [0, 0.05) is 10.9 Å². The lowest BCUT2D eigenvalue weighted by Crippen LogP contribution is -2.47. The summed E-state index contributed by atoms with van der Waals surface area (Å²) in [6.45, 7) is 1.86. The van der Waals surface area contributed by atoms with Gasteiger partial charge in [-0.05, 0) is 55.2 Å². The molecular weight excluding hydrogens is 479 g/mol. The molecule has 1 atom stereocenters. The van der Waals surface area contributed by atoms with Crippen molar-refractivity contribution in [1.82, 2.24) is 5.32 Å². The highest BCUT2D eigenvalue weighted by Crippen LogP contribution is 2.49. The zero-order valence-electron chi connectivity index (χ0n) is 16.7. The lowest BCUT2D eigenvalue weighted by molar-refractivity contribution is -0.274. The van der Waals surface area contributed by atoms with Crippen molar-refractivity contribution in [1.29, 1.82) is 0 Å². The Morgan fingerprint density at radius 2 is 1.71 bits per heavy atom. The van der Waals surface area contributed by atoms with Gasteiger partial charge in [0.1, 0.15) is 11.8 Å². The molecule has 0 saturated heterocycles. The number of benzene rings is 2. The number of hydrogen-bond acceptors (Lipinski definition) is 4. The van der Waals surface area contributed by atoms with Gasteiger partial charge in [-0.3, -0.25) is 4.79 Å². The van der Waals surface area contributed by atoms with E-state index in [1.54, 1.807) is 6.92 Å². The third-order valence-electron chi connectivity index (χ3n) is 5.05. The molecule has 0 heterocycles. The van der Waals surface area contributed by atoms with Gasteiger partial charge in [-0.1, -0.05) is 40.2 Å². The average Bonchev–Trinajstić information content (AvgIpc) is 3.50. The molecule has 3 rings (SSSR count). The van der Waals surface area contributed by atoms with Crippen molar-refractivity contribution in [3.63, 3.8) is 0 Å². The van der Waals surface area contributed by atoms with Crippen molar-refractivity contribution < 1.29 is 32.2 Å². The van der Waals surface area contributed by atoms with Gasteiger partial charge in [0.05, 0.1) is 12.0 Å². The summed E-state index contributed by atoms with van der Waals surface area (Å²) < 4.78 is 47.0. The van der Waals surface area contributed by atoms with Gasteiger partial charge in [0.15, 0.2) is 0 Å². The summed E-state index contributed by atoms with van der Waals surface area (Å²) in [7, 11) is 0. The van der Waals surface area contributed by atoms with Crippen molar-refractivity contribution in [2.45, 2.75) is 44.0 Å². The van der Waals surface area contributed by atoms with Crippen LogP contribution in [-0.4, -0.2) is 30.9 Å². The van der Waals surface area contributed by atoms with Gasteiger partial charge < -0.3 is 14.8 Å². The number of carbonyl (C=O) groups is 2. The van der Waals surface area contributed by atoms with Crippen LogP contribution in [-0.2, 0) is 26.2 Å². The summed E-state index contributed by atoms with van der Waals surface area (Å²) in [4.78, 5) is 25.5. The van der Waals surface area contributed by atoms with Gasteiger partial charge in [0.2, 0.25) is 5.91 Å². The molecule has 0 bridgehead atoms. The third-order valence-corrected chi connectivity index (χ3v) is 5.58. The first kappa shape index (κ1) is 23.1. The molecule has 0 radical (unpaired) electrons. The molecular formula is C22H21BrF3NO4. The minimum absolute atomic E-state index is 0.178. The van der Waals surface area contributed by atoms with Crippen LogP contribution >= 0.6 is 15.9 Å². The molecule has 9 heteroatoms. The maximum atomic E-state index is 13.1. The second-order valence-corrected chi connectivity index (χ2v) is 8.18. The van der Waals surface area contributed by atoms with Gasteiger partial charge in [-0.25, -0.2) is 4.79 Å². The maximum absolute atomic E-state index is 13.1. The largest absolute Gasteiger partial charge is 0.573 e. The molecule has 1 fully saturated rings. The molecule has 31 heavy (non-hydrogen) atoms. The summed E-state index contributed by atoms with van der Waals surface area (Å²) in [5.74, 6) is -1.25. The number of rotatable bonds is 8. The Hall–Kier alpha value is -2.55. The number of esters is 1. The van der Waals surface area contributed by atoms with E-state index in [4.69, 9.17) is 4.74 Å². The number of ether oxygens (including phenoxy) is 2. The van der Waals surface area contributed by atoms with E-state index in [9.17, 15) is 22.8 Å². The van der Waals surface area contributed by atoms with Crippen LogP contribution in [0.15, 0.2) is 53.0 Å². The lowest BCUT2D eigenvalue weighted by atomic mass is 9.94. The Kier molecular flexibility index (Phi) is 6.93. The minimum atomic E-state index is -4.78. The summed E-state index contributed by atoms with van der Waals surface area (Å²) in [6.07, 6.45) is -3.46. The molecule has 0 spiro atoms. The van der Waals surface area contributed by atoms with Crippen molar-refractivity contribution >= 4 is 27.8 Å². The number of alkyl halides is 3. The van der Waals surface area contributed by atoms with Gasteiger partial charge >= 0.3 is 12.3 Å². The van der Waals surface area contributed by atoms with Crippen LogP contribution in [0.1, 0.15) is 30.9 Å². The predicted molar refractivity (Wildman–Crippen MR) is 110 cm³/mol. The van der Waals surface area contributed by atoms with Crippen molar-refractivity contribution in [3.05, 3.63) is 64.1 Å². The molecule has 0 aromatic heterocycles. The first-order chi connectivity index (χ1) is 14.6. The maximum Gasteiger partial charge on any atom is 0.573 e. The molecule has 1 saturated carbocycles. The van der Waals surface area contributed by atoms with E-state index in [1.165, 1.54) is 24.3 Å². The molecule has 1 N–H and O–H groups in total. The van der Waals surface area contributed by atoms with Crippen molar-refractivity contribution in [2.75, 3.05) is 6.61 Å². The van der Waals surface area contributed by atoms with Crippen LogP contribution in [0, 0.1) is 0 Å². The molecule has 5 nitrogen and oxygen atoms in total. The summed E-state index contributed by atoms with van der Waals surface area (Å²) in [5, 5.41) is 2.78. The highest BCUT2D eigenvalue weighted by molar-refractivity contribution is 9.10. The number of nitrogens with one attached hydrogen (secondary N) is 1. The van der Waals surface area contributed by atoms with Crippen LogP contribution in [0.2, 0.25) is 0 Å². The standard InChI is InChI=1S/C22H21BrF3NO4/c1-2-30-19(28)18(13-14-3-7-16(23)8-4-14)27-20(29)21(11-12-21)15-5-9-17(10-6-15)31-22(24,25)26/h3-10,18H,2,11-13H2,1H3,(H,27,29)/t18-/m0/s1. The van der Waals surface area contributed by atoms with E-state index >= 15 is 0 Å².